The number of carbonyl (C=O) groups excluding carboxylic acids is 2. The average molecular weight is 363 g/mol. The van der Waals surface area contributed by atoms with Crippen LogP contribution in [0.5, 0.6) is 0 Å². The van der Waals surface area contributed by atoms with Crippen molar-refractivity contribution in [2.24, 2.45) is 7.05 Å². The Morgan fingerprint density at radius 1 is 1.38 bits per heavy atom. The first kappa shape index (κ1) is 19.4. The van der Waals surface area contributed by atoms with Crippen molar-refractivity contribution in [3.8, 4) is 0 Å². The Bertz CT molecular complexity index is 778. The number of ether oxygens (including phenoxy) is 1. The molecule has 1 aromatic heterocycles. The summed E-state index contributed by atoms with van der Waals surface area (Å²) in [4.78, 5) is 25.8. The van der Waals surface area contributed by atoms with Crippen molar-refractivity contribution in [3.05, 3.63) is 47.5 Å². The molecule has 9 heteroatoms. The van der Waals surface area contributed by atoms with Crippen molar-refractivity contribution in [2.75, 3.05) is 32.6 Å². The van der Waals surface area contributed by atoms with Crippen LogP contribution in [0.1, 0.15) is 15.9 Å². The zero-order chi connectivity index (χ0) is 19.1. The van der Waals surface area contributed by atoms with Gasteiger partial charge in [-0.25, -0.2) is 9.18 Å². The van der Waals surface area contributed by atoms with Gasteiger partial charge in [-0.15, -0.1) is 0 Å². The van der Waals surface area contributed by atoms with Gasteiger partial charge in [0.15, 0.2) is 0 Å². The lowest BCUT2D eigenvalue weighted by atomic mass is 10.1. The Hall–Kier alpha value is -2.94. The number of nitrogens with one attached hydrogen (secondary N) is 2. The Balaban J connectivity index is 2.14. The van der Waals surface area contributed by atoms with Crippen LogP contribution in [0.4, 0.5) is 14.9 Å². The standard InChI is InChI=1S/C17H22FN5O3/c1-19-16(24)14-8-13(4-5-15(14)18)21-17(25)23(6-7-26-3)11-12-9-20-22(2)10-12/h4-5,8-10H,6-7,11H2,1-3H3,(H,19,24)(H,21,25). The second kappa shape index (κ2) is 8.95. The fourth-order valence-corrected chi connectivity index (χ4v) is 2.34. The van der Waals surface area contributed by atoms with Crippen molar-refractivity contribution >= 4 is 17.6 Å². The maximum atomic E-state index is 13.7. The van der Waals surface area contributed by atoms with Gasteiger partial charge in [-0.3, -0.25) is 9.48 Å². The molecule has 0 bridgehead atoms. The molecule has 2 rings (SSSR count). The summed E-state index contributed by atoms with van der Waals surface area (Å²) in [5.41, 5.74) is 1.05. The Morgan fingerprint density at radius 2 is 2.15 bits per heavy atom. The van der Waals surface area contributed by atoms with Crippen molar-refractivity contribution in [1.82, 2.24) is 20.0 Å². The molecule has 3 amide bonds. The van der Waals surface area contributed by atoms with E-state index in [1.54, 1.807) is 29.9 Å². The van der Waals surface area contributed by atoms with E-state index in [1.165, 1.54) is 19.2 Å². The zero-order valence-corrected chi connectivity index (χ0v) is 15.0. The van der Waals surface area contributed by atoms with E-state index in [1.807, 2.05) is 6.20 Å². The number of methoxy groups -OCH3 is 1. The van der Waals surface area contributed by atoms with Crippen LogP contribution >= 0.6 is 0 Å². The van der Waals surface area contributed by atoms with Crippen LogP contribution in [0.3, 0.4) is 0 Å². The van der Waals surface area contributed by atoms with E-state index in [0.717, 1.165) is 11.6 Å². The molecule has 0 fully saturated rings. The molecule has 0 aliphatic carbocycles. The third kappa shape index (κ3) is 5.03. The molecule has 0 atom stereocenters. The van der Waals surface area contributed by atoms with Gasteiger partial charge in [-0.05, 0) is 18.2 Å². The fraction of sp³-hybridized carbons (Fsp3) is 0.353. The SMILES string of the molecule is CNC(=O)c1cc(NC(=O)N(CCOC)Cc2cnn(C)c2)ccc1F. The number of nitrogens with zero attached hydrogens (tertiary/aromatic N) is 3. The summed E-state index contributed by atoms with van der Waals surface area (Å²) in [6.07, 6.45) is 3.49. The van der Waals surface area contributed by atoms with E-state index in [9.17, 15) is 14.0 Å². The molecule has 0 radical (unpaired) electrons. The highest BCUT2D eigenvalue weighted by Gasteiger charge is 2.17. The minimum Gasteiger partial charge on any atom is -0.383 e. The summed E-state index contributed by atoms with van der Waals surface area (Å²) < 4.78 is 20.5. The minimum absolute atomic E-state index is 0.138. The molecule has 1 heterocycles. The van der Waals surface area contributed by atoms with Gasteiger partial charge in [0.05, 0.1) is 24.9 Å². The number of urea groups is 1. The molecule has 140 valence electrons. The molecular weight excluding hydrogens is 341 g/mol. The predicted octanol–water partition coefficient (Wildman–Crippen LogP) is 1.60. The van der Waals surface area contributed by atoms with Gasteiger partial charge in [0.2, 0.25) is 0 Å². The lowest BCUT2D eigenvalue weighted by Crippen LogP contribution is -2.36. The molecule has 2 aromatic rings. The lowest BCUT2D eigenvalue weighted by Gasteiger charge is -2.22. The third-order valence-corrected chi connectivity index (χ3v) is 3.67. The van der Waals surface area contributed by atoms with Crippen molar-refractivity contribution < 1.29 is 18.7 Å². The zero-order valence-electron chi connectivity index (χ0n) is 15.0. The van der Waals surface area contributed by atoms with Crippen molar-refractivity contribution in [3.63, 3.8) is 0 Å². The number of amides is 3. The Kier molecular flexibility index (Phi) is 6.67. The van der Waals surface area contributed by atoms with Crippen LogP contribution in [-0.4, -0.2) is 53.9 Å². The average Bonchev–Trinajstić information content (AvgIpc) is 3.04. The van der Waals surface area contributed by atoms with Gasteiger partial charge in [0, 0.05) is 45.2 Å². The van der Waals surface area contributed by atoms with E-state index in [4.69, 9.17) is 4.74 Å². The smallest absolute Gasteiger partial charge is 0.322 e. The van der Waals surface area contributed by atoms with E-state index in [0.29, 0.717) is 25.4 Å². The largest absolute Gasteiger partial charge is 0.383 e. The van der Waals surface area contributed by atoms with Crippen molar-refractivity contribution in [2.45, 2.75) is 6.54 Å². The summed E-state index contributed by atoms with van der Waals surface area (Å²) in [6, 6.07) is 3.45. The molecule has 1 aromatic carbocycles. The number of hydrogen-bond acceptors (Lipinski definition) is 4. The molecule has 2 N–H and O–H groups in total. The first-order valence-electron chi connectivity index (χ1n) is 7.98. The van der Waals surface area contributed by atoms with Gasteiger partial charge in [0.1, 0.15) is 5.82 Å². The Morgan fingerprint density at radius 3 is 2.77 bits per heavy atom. The molecule has 0 aliphatic rings. The molecule has 0 saturated heterocycles. The van der Waals surface area contributed by atoms with Crippen LogP contribution in [-0.2, 0) is 18.3 Å². The fourth-order valence-electron chi connectivity index (χ4n) is 2.34. The predicted molar refractivity (Wildman–Crippen MR) is 94.3 cm³/mol. The minimum atomic E-state index is -0.658. The summed E-state index contributed by atoms with van der Waals surface area (Å²) in [7, 11) is 4.76. The third-order valence-electron chi connectivity index (χ3n) is 3.67. The second-order valence-corrected chi connectivity index (χ2v) is 5.64. The number of benzene rings is 1. The number of halogens is 1. The van der Waals surface area contributed by atoms with Gasteiger partial charge >= 0.3 is 6.03 Å². The highest BCUT2D eigenvalue weighted by Crippen LogP contribution is 2.16. The van der Waals surface area contributed by atoms with Crippen LogP contribution < -0.4 is 10.6 Å². The summed E-state index contributed by atoms with van der Waals surface area (Å²) in [6.45, 7) is 1.06. The van der Waals surface area contributed by atoms with Crippen LogP contribution in [0.15, 0.2) is 30.6 Å². The highest BCUT2D eigenvalue weighted by molar-refractivity contribution is 5.97. The number of aryl methyl sites for hydroxylation is 1. The van der Waals surface area contributed by atoms with Crippen LogP contribution in [0, 0.1) is 5.82 Å². The normalized spacial score (nSPS) is 10.5. The first-order valence-corrected chi connectivity index (χ1v) is 7.98. The number of carbonyl (C=O) groups is 2. The van der Waals surface area contributed by atoms with E-state index in [-0.39, 0.29) is 11.6 Å². The Labute approximate surface area is 150 Å². The summed E-state index contributed by atoms with van der Waals surface area (Å²) in [5, 5.41) is 9.13. The molecule has 26 heavy (non-hydrogen) atoms. The summed E-state index contributed by atoms with van der Waals surface area (Å²) in [5.74, 6) is -1.22. The van der Waals surface area contributed by atoms with Gasteiger partial charge in [-0.2, -0.15) is 5.10 Å². The topological polar surface area (TPSA) is 88.5 Å². The van der Waals surface area contributed by atoms with Crippen molar-refractivity contribution in [1.29, 1.82) is 0 Å². The van der Waals surface area contributed by atoms with Gasteiger partial charge in [-0.1, -0.05) is 0 Å². The molecule has 0 unspecified atom stereocenters. The maximum absolute atomic E-state index is 13.7. The molecule has 8 nitrogen and oxygen atoms in total. The molecular formula is C17H22FN5O3. The maximum Gasteiger partial charge on any atom is 0.322 e. The number of rotatable bonds is 7. The highest BCUT2D eigenvalue weighted by atomic mass is 19.1. The van der Waals surface area contributed by atoms with E-state index >= 15 is 0 Å². The first-order chi connectivity index (χ1) is 12.4. The van der Waals surface area contributed by atoms with Crippen LogP contribution in [0.25, 0.3) is 0 Å². The monoisotopic (exact) mass is 363 g/mol. The molecule has 0 saturated carbocycles. The molecule has 0 spiro atoms. The lowest BCUT2D eigenvalue weighted by molar-refractivity contribution is 0.0959. The molecule has 0 aliphatic heterocycles. The van der Waals surface area contributed by atoms with E-state index in [2.05, 4.69) is 15.7 Å². The summed E-state index contributed by atoms with van der Waals surface area (Å²) >= 11 is 0. The number of anilines is 1. The quantitative estimate of drug-likeness (QED) is 0.782. The van der Waals surface area contributed by atoms with E-state index < -0.39 is 11.7 Å². The number of aromatic nitrogens is 2. The second-order valence-electron chi connectivity index (χ2n) is 5.64. The van der Waals surface area contributed by atoms with Gasteiger partial charge in [0.25, 0.3) is 5.91 Å². The number of hydrogen-bond donors (Lipinski definition) is 2. The van der Waals surface area contributed by atoms with Crippen LogP contribution in [0.2, 0.25) is 0 Å². The van der Waals surface area contributed by atoms with Gasteiger partial charge < -0.3 is 20.3 Å².